The van der Waals surface area contributed by atoms with Crippen molar-refractivity contribution in [1.29, 1.82) is 0 Å². The van der Waals surface area contributed by atoms with Crippen LogP contribution in [0, 0.1) is 0 Å². The van der Waals surface area contributed by atoms with E-state index in [1.54, 1.807) is 24.3 Å². The van der Waals surface area contributed by atoms with Crippen molar-refractivity contribution in [3.63, 3.8) is 0 Å². The zero-order valence-electron chi connectivity index (χ0n) is 9.18. The number of rotatable bonds is 6. The molecule has 0 aliphatic heterocycles. The molecule has 3 nitrogen and oxygen atoms in total. The SMILES string of the molecule is C=CC(=O)C(CC)Oc1ccccc1C=O. The number of para-hydroxylation sites is 1. The number of hydrogen-bond donors (Lipinski definition) is 0. The lowest BCUT2D eigenvalue weighted by molar-refractivity contribution is -0.121. The summed E-state index contributed by atoms with van der Waals surface area (Å²) in [5.74, 6) is 0.253. The second-order valence-corrected chi connectivity index (χ2v) is 3.28. The predicted molar refractivity (Wildman–Crippen MR) is 61.7 cm³/mol. The maximum atomic E-state index is 11.4. The summed E-state index contributed by atoms with van der Waals surface area (Å²) in [6.45, 7) is 5.26. The van der Waals surface area contributed by atoms with Crippen molar-refractivity contribution >= 4 is 12.1 Å². The zero-order chi connectivity index (χ0) is 12.0. The molecule has 0 aliphatic carbocycles. The van der Waals surface area contributed by atoms with Crippen molar-refractivity contribution in [2.75, 3.05) is 0 Å². The monoisotopic (exact) mass is 218 g/mol. The first-order chi connectivity index (χ1) is 7.72. The number of carbonyl (C=O) groups excluding carboxylic acids is 2. The van der Waals surface area contributed by atoms with Crippen LogP contribution in [0.15, 0.2) is 36.9 Å². The molecule has 0 aromatic heterocycles. The summed E-state index contributed by atoms with van der Waals surface area (Å²) < 4.78 is 5.49. The first kappa shape index (κ1) is 12.2. The molecule has 1 rings (SSSR count). The Bertz CT molecular complexity index is 396. The van der Waals surface area contributed by atoms with Gasteiger partial charge in [-0.3, -0.25) is 9.59 Å². The van der Waals surface area contributed by atoms with E-state index in [1.807, 2.05) is 6.92 Å². The van der Waals surface area contributed by atoms with E-state index < -0.39 is 6.10 Å². The van der Waals surface area contributed by atoms with Crippen LogP contribution in [0.4, 0.5) is 0 Å². The van der Waals surface area contributed by atoms with Gasteiger partial charge in [0.1, 0.15) is 5.75 Å². The largest absolute Gasteiger partial charge is 0.482 e. The van der Waals surface area contributed by atoms with Crippen molar-refractivity contribution in [2.45, 2.75) is 19.4 Å². The summed E-state index contributed by atoms with van der Waals surface area (Å²) in [7, 11) is 0. The minimum absolute atomic E-state index is 0.178. The average Bonchev–Trinajstić information content (AvgIpc) is 2.35. The molecule has 0 saturated heterocycles. The van der Waals surface area contributed by atoms with Crippen LogP contribution in [0.25, 0.3) is 0 Å². The lowest BCUT2D eigenvalue weighted by atomic mass is 10.1. The molecule has 1 atom stereocenters. The summed E-state index contributed by atoms with van der Waals surface area (Å²) in [6.07, 6.45) is 1.91. The number of carbonyl (C=O) groups is 2. The van der Waals surface area contributed by atoms with Crippen LogP contribution in [0.2, 0.25) is 0 Å². The van der Waals surface area contributed by atoms with Crippen molar-refractivity contribution < 1.29 is 14.3 Å². The molecule has 0 fully saturated rings. The second-order valence-electron chi connectivity index (χ2n) is 3.28. The van der Waals surface area contributed by atoms with Gasteiger partial charge in [0.15, 0.2) is 18.2 Å². The van der Waals surface area contributed by atoms with Crippen molar-refractivity contribution in [1.82, 2.24) is 0 Å². The lowest BCUT2D eigenvalue weighted by Crippen LogP contribution is -2.25. The smallest absolute Gasteiger partial charge is 0.195 e. The molecule has 0 aliphatic rings. The molecule has 0 spiro atoms. The first-order valence-corrected chi connectivity index (χ1v) is 5.10. The number of hydrogen-bond acceptors (Lipinski definition) is 3. The van der Waals surface area contributed by atoms with Gasteiger partial charge in [-0.1, -0.05) is 25.6 Å². The van der Waals surface area contributed by atoms with Gasteiger partial charge in [0, 0.05) is 0 Å². The number of ketones is 1. The van der Waals surface area contributed by atoms with Gasteiger partial charge in [-0.25, -0.2) is 0 Å². The maximum Gasteiger partial charge on any atom is 0.195 e. The van der Waals surface area contributed by atoms with E-state index in [-0.39, 0.29) is 5.78 Å². The van der Waals surface area contributed by atoms with Gasteiger partial charge in [-0.2, -0.15) is 0 Å². The van der Waals surface area contributed by atoms with Crippen molar-refractivity contribution in [2.24, 2.45) is 0 Å². The van der Waals surface area contributed by atoms with E-state index in [1.165, 1.54) is 6.08 Å². The van der Waals surface area contributed by atoms with Gasteiger partial charge in [0.2, 0.25) is 0 Å². The van der Waals surface area contributed by atoms with Crippen LogP contribution < -0.4 is 4.74 Å². The quantitative estimate of drug-likeness (QED) is 0.544. The lowest BCUT2D eigenvalue weighted by Gasteiger charge is -2.15. The molecule has 0 amide bonds. The van der Waals surface area contributed by atoms with E-state index in [0.29, 0.717) is 24.0 Å². The summed E-state index contributed by atoms with van der Waals surface area (Å²) in [6, 6.07) is 6.82. The molecule has 0 radical (unpaired) electrons. The van der Waals surface area contributed by atoms with Crippen LogP contribution in [-0.2, 0) is 4.79 Å². The first-order valence-electron chi connectivity index (χ1n) is 5.10. The third kappa shape index (κ3) is 2.79. The topological polar surface area (TPSA) is 43.4 Å². The third-order valence-electron chi connectivity index (χ3n) is 2.20. The van der Waals surface area contributed by atoms with E-state index in [2.05, 4.69) is 6.58 Å². The summed E-state index contributed by atoms with van der Waals surface area (Å²) in [5.41, 5.74) is 0.442. The fourth-order valence-electron chi connectivity index (χ4n) is 1.31. The van der Waals surface area contributed by atoms with Crippen LogP contribution in [-0.4, -0.2) is 18.2 Å². The molecule has 0 heterocycles. The van der Waals surface area contributed by atoms with Gasteiger partial charge in [-0.15, -0.1) is 0 Å². The molecule has 0 bridgehead atoms. The van der Waals surface area contributed by atoms with Gasteiger partial charge in [0.25, 0.3) is 0 Å². The highest BCUT2D eigenvalue weighted by Crippen LogP contribution is 2.18. The van der Waals surface area contributed by atoms with Crippen LogP contribution in [0.1, 0.15) is 23.7 Å². The molecular weight excluding hydrogens is 204 g/mol. The van der Waals surface area contributed by atoms with Crippen molar-refractivity contribution in [3.05, 3.63) is 42.5 Å². The Balaban J connectivity index is 2.89. The minimum atomic E-state index is -0.571. The Hall–Kier alpha value is -1.90. The third-order valence-corrected chi connectivity index (χ3v) is 2.20. The van der Waals surface area contributed by atoms with E-state index in [9.17, 15) is 9.59 Å². The van der Waals surface area contributed by atoms with Crippen molar-refractivity contribution in [3.8, 4) is 5.75 Å². The molecule has 1 aromatic carbocycles. The van der Waals surface area contributed by atoms with Crippen LogP contribution in [0.5, 0.6) is 5.75 Å². The Labute approximate surface area is 94.7 Å². The van der Waals surface area contributed by atoms with Gasteiger partial charge >= 0.3 is 0 Å². The fraction of sp³-hybridized carbons (Fsp3) is 0.231. The number of aldehydes is 1. The highest BCUT2D eigenvalue weighted by molar-refractivity contribution is 5.93. The van der Waals surface area contributed by atoms with E-state index in [0.717, 1.165) is 0 Å². The molecule has 84 valence electrons. The molecule has 0 saturated carbocycles. The normalized spacial score (nSPS) is 11.6. The Kier molecular flexibility index (Phi) is 4.45. The Morgan fingerprint density at radius 1 is 1.50 bits per heavy atom. The molecule has 3 heteroatoms. The number of benzene rings is 1. The standard InChI is InChI=1S/C13H14O3/c1-3-11(15)12(4-2)16-13-8-6-5-7-10(13)9-14/h3,5-9,12H,1,4H2,2H3. The number of ether oxygens (including phenoxy) is 1. The summed E-state index contributed by atoms with van der Waals surface area (Å²) >= 11 is 0. The van der Waals surface area contributed by atoms with Crippen LogP contribution in [0.3, 0.4) is 0 Å². The second kappa shape index (κ2) is 5.85. The zero-order valence-corrected chi connectivity index (χ0v) is 9.18. The average molecular weight is 218 g/mol. The molecular formula is C13H14O3. The van der Waals surface area contributed by atoms with Gasteiger partial charge in [0.05, 0.1) is 5.56 Å². The summed E-state index contributed by atoms with van der Waals surface area (Å²) in [5, 5.41) is 0. The highest BCUT2D eigenvalue weighted by atomic mass is 16.5. The fourth-order valence-corrected chi connectivity index (χ4v) is 1.31. The highest BCUT2D eigenvalue weighted by Gasteiger charge is 2.16. The van der Waals surface area contributed by atoms with E-state index >= 15 is 0 Å². The minimum Gasteiger partial charge on any atom is -0.482 e. The van der Waals surface area contributed by atoms with Crippen LogP contribution >= 0.6 is 0 Å². The molecule has 1 aromatic rings. The summed E-state index contributed by atoms with van der Waals surface area (Å²) in [4.78, 5) is 22.2. The predicted octanol–water partition coefficient (Wildman–Crippen LogP) is 2.41. The maximum absolute atomic E-state index is 11.4. The molecule has 1 unspecified atom stereocenters. The van der Waals surface area contributed by atoms with Gasteiger partial charge < -0.3 is 4.74 Å². The van der Waals surface area contributed by atoms with E-state index in [4.69, 9.17) is 4.74 Å². The van der Waals surface area contributed by atoms with Gasteiger partial charge in [-0.05, 0) is 24.6 Å². The Morgan fingerprint density at radius 2 is 2.19 bits per heavy atom. The Morgan fingerprint density at radius 3 is 2.75 bits per heavy atom. The molecule has 0 N–H and O–H groups in total. The molecule has 16 heavy (non-hydrogen) atoms.